The van der Waals surface area contributed by atoms with Gasteiger partial charge in [-0.1, -0.05) is 36.4 Å². The molecule has 1 atom stereocenters. The predicted molar refractivity (Wildman–Crippen MR) is 103 cm³/mol. The summed E-state index contributed by atoms with van der Waals surface area (Å²) in [5.41, 5.74) is 3.70. The van der Waals surface area contributed by atoms with Crippen molar-refractivity contribution in [2.24, 2.45) is 5.92 Å². The second-order valence-electron chi connectivity index (χ2n) is 7.19. The van der Waals surface area contributed by atoms with E-state index in [1.54, 1.807) is 0 Å². The summed E-state index contributed by atoms with van der Waals surface area (Å²) < 4.78 is 0. The van der Waals surface area contributed by atoms with Gasteiger partial charge in [-0.2, -0.15) is 0 Å². The van der Waals surface area contributed by atoms with Gasteiger partial charge >= 0.3 is 0 Å². The Bertz CT molecular complexity index is 722. The van der Waals surface area contributed by atoms with E-state index in [4.69, 9.17) is 0 Å². The van der Waals surface area contributed by atoms with Crippen LogP contribution < -0.4 is 9.80 Å². The normalized spacial score (nSPS) is 21.0. The average molecular weight is 334 g/mol. The Morgan fingerprint density at radius 2 is 1.56 bits per heavy atom. The number of carbonyl (C=O) groups excluding carboxylic acids is 1. The molecule has 0 unspecified atom stereocenters. The fraction of sp³-hybridized carbons (Fsp3) is 0.409. The molecule has 0 saturated carbocycles. The van der Waals surface area contributed by atoms with Gasteiger partial charge in [-0.15, -0.1) is 0 Å². The zero-order valence-corrected chi connectivity index (χ0v) is 14.7. The quantitative estimate of drug-likeness (QED) is 0.833. The van der Waals surface area contributed by atoms with E-state index < -0.39 is 0 Å². The second kappa shape index (κ2) is 7.30. The minimum atomic E-state index is 0.103. The third kappa shape index (κ3) is 3.41. The van der Waals surface area contributed by atoms with Gasteiger partial charge in [0.2, 0.25) is 5.91 Å². The van der Waals surface area contributed by atoms with Gasteiger partial charge in [0, 0.05) is 36.9 Å². The van der Waals surface area contributed by atoms with Gasteiger partial charge in [0.15, 0.2) is 0 Å². The highest BCUT2D eigenvalue weighted by atomic mass is 16.2. The minimum absolute atomic E-state index is 0.103. The molecule has 0 aromatic heterocycles. The maximum absolute atomic E-state index is 12.9. The molecule has 0 N–H and O–H groups in total. The van der Waals surface area contributed by atoms with E-state index >= 15 is 0 Å². The summed E-state index contributed by atoms with van der Waals surface area (Å²) in [6.07, 6.45) is 5.69. The van der Waals surface area contributed by atoms with Gasteiger partial charge in [-0.3, -0.25) is 4.79 Å². The molecule has 1 amide bonds. The Kier molecular flexibility index (Phi) is 4.73. The van der Waals surface area contributed by atoms with Crippen molar-refractivity contribution in [3.05, 3.63) is 60.2 Å². The highest BCUT2D eigenvalue weighted by Gasteiger charge is 2.33. The topological polar surface area (TPSA) is 23.6 Å². The van der Waals surface area contributed by atoms with E-state index in [-0.39, 0.29) is 11.8 Å². The highest BCUT2D eigenvalue weighted by molar-refractivity contribution is 5.97. The summed E-state index contributed by atoms with van der Waals surface area (Å²) in [7, 11) is 0. The van der Waals surface area contributed by atoms with Crippen molar-refractivity contribution in [2.75, 3.05) is 29.4 Å². The lowest BCUT2D eigenvalue weighted by atomic mass is 9.95. The third-order valence-corrected chi connectivity index (χ3v) is 5.54. The van der Waals surface area contributed by atoms with Gasteiger partial charge in [0.1, 0.15) is 0 Å². The number of hydrogen-bond donors (Lipinski definition) is 0. The lowest BCUT2D eigenvalue weighted by Gasteiger charge is -2.31. The Hall–Kier alpha value is -2.29. The van der Waals surface area contributed by atoms with Crippen LogP contribution in [0.1, 0.15) is 31.2 Å². The monoisotopic (exact) mass is 334 g/mol. The number of piperidine rings is 1. The van der Waals surface area contributed by atoms with Crippen molar-refractivity contribution in [1.82, 2.24) is 0 Å². The zero-order valence-electron chi connectivity index (χ0n) is 14.7. The number of rotatable bonds is 4. The largest absolute Gasteiger partial charge is 0.371 e. The summed E-state index contributed by atoms with van der Waals surface area (Å²) in [4.78, 5) is 17.4. The summed E-state index contributed by atoms with van der Waals surface area (Å²) >= 11 is 0. The summed E-state index contributed by atoms with van der Waals surface area (Å²) in [5.74, 6) is 0.380. The van der Waals surface area contributed by atoms with E-state index in [2.05, 4.69) is 29.2 Å². The molecule has 25 heavy (non-hydrogen) atoms. The fourth-order valence-electron chi connectivity index (χ4n) is 4.18. The second-order valence-corrected chi connectivity index (χ2v) is 7.19. The van der Waals surface area contributed by atoms with Crippen LogP contribution in [0.5, 0.6) is 0 Å². The molecule has 2 aromatic carbocycles. The van der Waals surface area contributed by atoms with Gasteiger partial charge in [0.05, 0.1) is 0 Å². The number of anilines is 2. The summed E-state index contributed by atoms with van der Waals surface area (Å²) in [6.45, 7) is 3.12. The SMILES string of the molecule is O=C1[C@H](Cc2ccccc2N2CCCCC2)CCN1c1ccccc1. The molecule has 0 spiro atoms. The third-order valence-electron chi connectivity index (χ3n) is 5.54. The summed E-state index contributed by atoms with van der Waals surface area (Å²) in [5, 5.41) is 0. The maximum atomic E-state index is 12.9. The first-order valence-corrected chi connectivity index (χ1v) is 9.52. The van der Waals surface area contributed by atoms with Gasteiger partial charge in [-0.25, -0.2) is 0 Å². The zero-order chi connectivity index (χ0) is 17.1. The van der Waals surface area contributed by atoms with Crippen LogP contribution in [0.2, 0.25) is 0 Å². The van der Waals surface area contributed by atoms with Crippen LogP contribution in [0.3, 0.4) is 0 Å². The fourth-order valence-corrected chi connectivity index (χ4v) is 4.18. The van der Waals surface area contributed by atoms with Crippen LogP contribution in [0, 0.1) is 5.92 Å². The van der Waals surface area contributed by atoms with Gasteiger partial charge in [0.25, 0.3) is 0 Å². The molecule has 2 aliphatic rings. The number of nitrogens with zero attached hydrogens (tertiary/aromatic N) is 2. The summed E-state index contributed by atoms with van der Waals surface area (Å²) in [6, 6.07) is 18.7. The Balaban J connectivity index is 1.50. The van der Waals surface area contributed by atoms with Gasteiger partial charge in [-0.05, 0) is 55.9 Å². The Morgan fingerprint density at radius 3 is 2.36 bits per heavy atom. The molecule has 2 aromatic rings. The number of carbonyl (C=O) groups is 1. The van der Waals surface area contributed by atoms with E-state index in [9.17, 15) is 4.79 Å². The average Bonchev–Trinajstić information content (AvgIpc) is 3.04. The lowest BCUT2D eigenvalue weighted by molar-refractivity contribution is -0.120. The number of para-hydroxylation sites is 2. The smallest absolute Gasteiger partial charge is 0.230 e. The molecule has 2 heterocycles. The van der Waals surface area contributed by atoms with Gasteiger partial charge < -0.3 is 9.80 Å². The van der Waals surface area contributed by atoms with Crippen LogP contribution in [0.4, 0.5) is 11.4 Å². The molecule has 2 fully saturated rings. The van der Waals surface area contributed by atoms with Crippen molar-refractivity contribution in [2.45, 2.75) is 32.1 Å². The van der Waals surface area contributed by atoms with E-state index in [1.807, 2.05) is 35.2 Å². The van der Waals surface area contributed by atoms with E-state index in [0.717, 1.165) is 38.2 Å². The molecule has 0 radical (unpaired) electrons. The molecule has 0 aliphatic carbocycles. The first kappa shape index (κ1) is 16.2. The number of benzene rings is 2. The van der Waals surface area contributed by atoms with E-state index in [0.29, 0.717) is 0 Å². The van der Waals surface area contributed by atoms with Crippen LogP contribution >= 0.6 is 0 Å². The Morgan fingerprint density at radius 1 is 0.840 bits per heavy atom. The van der Waals surface area contributed by atoms with Crippen molar-refractivity contribution in [3.8, 4) is 0 Å². The molecule has 3 heteroatoms. The van der Waals surface area contributed by atoms with Crippen molar-refractivity contribution in [3.63, 3.8) is 0 Å². The van der Waals surface area contributed by atoms with Crippen LogP contribution in [0.15, 0.2) is 54.6 Å². The number of hydrogen-bond acceptors (Lipinski definition) is 2. The van der Waals surface area contributed by atoms with Crippen LogP contribution in [-0.4, -0.2) is 25.5 Å². The standard InChI is InChI=1S/C22H26N2O/c25-22-19(13-16-24(22)20-10-3-1-4-11-20)17-18-9-5-6-12-21(18)23-14-7-2-8-15-23/h1,3-6,9-12,19H,2,7-8,13-17H2/t19-/m0/s1. The first-order valence-electron chi connectivity index (χ1n) is 9.52. The minimum Gasteiger partial charge on any atom is -0.371 e. The molecular formula is C22H26N2O. The molecule has 130 valence electrons. The predicted octanol–water partition coefficient (Wildman–Crippen LogP) is 4.27. The highest BCUT2D eigenvalue weighted by Crippen LogP contribution is 2.31. The van der Waals surface area contributed by atoms with E-state index in [1.165, 1.54) is 30.5 Å². The molecule has 2 aliphatic heterocycles. The molecule has 2 saturated heterocycles. The van der Waals surface area contributed by atoms with Crippen LogP contribution in [0.25, 0.3) is 0 Å². The molecule has 0 bridgehead atoms. The van der Waals surface area contributed by atoms with Crippen LogP contribution in [-0.2, 0) is 11.2 Å². The van der Waals surface area contributed by atoms with Crippen molar-refractivity contribution < 1.29 is 4.79 Å². The first-order chi connectivity index (χ1) is 12.3. The molecule has 4 rings (SSSR count). The Labute approximate surface area is 150 Å². The maximum Gasteiger partial charge on any atom is 0.230 e. The number of amides is 1. The molecule has 3 nitrogen and oxygen atoms in total. The lowest BCUT2D eigenvalue weighted by Crippen LogP contribution is -2.31. The molecular weight excluding hydrogens is 308 g/mol. The van der Waals surface area contributed by atoms with Crippen molar-refractivity contribution in [1.29, 1.82) is 0 Å². The van der Waals surface area contributed by atoms with Crippen molar-refractivity contribution >= 4 is 17.3 Å².